The molecule has 1 aromatic rings. The molecule has 0 spiro atoms. The molecule has 1 heterocycles. The van der Waals surface area contributed by atoms with Crippen LogP contribution in [0.25, 0.3) is 0 Å². The molecule has 0 aromatic carbocycles. The van der Waals surface area contributed by atoms with Crippen molar-refractivity contribution in [2.45, 2.75) is 0 Å². The van der Waals surface area contributed by atoms with Crippen LogP contribution in [0, 0.1) is 0 Å². The van der Waals surface area contributed by atoms with Crippen LogP contribution in [0.1, 0.15) is 19.3 Å². The highest BCUT2D eigenvalue weighted by Gasteiger charge is 2.18. The van der Waals surface area contributed by atoms with Crippen molar-refractivity contribution in [2.75, 3.05) is 14.2 Å². The molecule has 0 aliphatic rings. The van der Waals surface area contributed by atoms with Crippen molar-refractivity contribution in [1.29, 1.82) is 0 Å². The Morgan fingerprint density at radius 1 is 1.43 bits per heavy atom. The Balaban J connectivity index is 3.13. The van der Waals surface area contributed by atoms with Crippen molar-refractivity contribution in [1.82, 2.24) is 0 Å². The highest BCUT2D eigenvalue weighted by Crippen LogP contribution is 2.29. The normalized spacial score (nSPS) is 9.57. The van der Waals surface area contributed by atoms with Gasteiger partial charge in [-0.25, -0.2) is 4.79 Å². The molecule has 14 heavy (non-hydrogen) atoms. The Morgan fingerprint density at radius 2 is 2.07 bits per heavy atom. The van der Waals surface area contributed by atoms with Crippen LogP contribution in [0.4, 0.5) is 0 Å². The van der Waals surface area contributed by atoms with E-state index in [1.165, 1.54) is 20.3 Å². The highest BCUT2D eigenvalue weighted by atomic mass is 32.1. The average molecular weight is 215 g/mol. The van der Waals surface area contributed by atoms with Crippen LogP contribution in [-0.2, 0) is 4.74 Å². The summed E-state index contributed by atoms with van der Waals surface area (Å²) in [5.74, 6) is -0.842. The number of thiophene rings is 1. The molecule has 0 saturated heterocycles. The number of carbonyl (C=O) groups excluding carboxylic acids is 2. The molecule has 1 amide bonds. The molecule has 0 aliphatic heterocycles. The lowest BCUT2D eigenvalue weighted by molar-refractivity contribution is 0.0606. The van der Waals surface area contributed by atoms with Crippen molar-refractivity contribution >= 4 is 23.2 Å². The van der Waals surface area contributed by atoms with Gasteiger partial charge in [-0.2, -0.15) is 0 Å². The molecule has 0 unspecified atom stereocenters. The maximum Gasteiger partial charge on any atom is 0.348 e. The van der Waals surface area contributed by atoms with E-state index in [9.17, 15) is 9.59 Å². The SMILES string of the molecule is COC(=O)c1cc(OC)c(C(N)=O)s1. The minimum atomic E-state index is -0.623. The van der Waals surface area contributed by atoms with Crippen molar-refractivity contribution < 1.29 is 19.1 Å². The van der Waals surface area contributed by atoms with E-state index in [0.717, 1.165) is 11.3 Å². The van der Waals surface area contributed by atoms with Crippen LogP contribution in [0.5, 0.6) is 5.75 Å². The van der Waals surface area contributed by atoms with Gasteiger partial charge >= 0.3 is 5.97 Å². The monoisotopic (exact) mass is 215 g/mol. The Hall–Kier alpha value is -1.56. The van der Waals surface area contributed by atoms with Crippen molar-refractivity contribution in [3.63, 3.8) is 0 Å². The lowest BCUT2D eigenvalue weighted by Gasteiger charge is -1.95. The lowest BCUT2D eigenvalue weighted by atomic mass is 10.4. The highest BCUT2D eigenvalue weighted by molar-refractivity contribution is 7.16. The Morgan fingerprint density at radius 3 is 2.43 bits per heavy atom. The molecule has 0 radical (unpaired) electrons. The fraction of sp³-hybridized carbons (Fsp3) is 0.250. The van der Waals surface area contributed by atoms with Gasteiger partial charge in [-0.3, -0.25) is 4.79 Å². The van der Waals surface area contributed by atoms with Crippen LogP contribution in [0.3, 0.4) is 0 Å². The number of amides is 1. The first kappa shape index (κ1) is 10.5. The predicted octanol–water partition coefficient (Wildman–Crippen LogP) is 0.642. The summed E-state index contributed by atoms with van der Waals surface area (Å²) in [5.41, 5.74) is 5.08. The number of carbonyl (C=O) groups is 2. The Labute approximate surface area is 84.4 Å². The molecule has 0 atom stereocenters. The van der Waals surface area contributed by atoms with Gasteiger partial charge in [-0.1, -0.05) is 0 Å². The summed E-state index contributed by atoms with van der Waals surface area (Å²) in [6, 6.07) is 1.43. The number of ether oxygens (including phenoxy) is 2. The van der Waals surface area contributed by atoms with Crippen molar-refractivity contribution in [2.24, 2.45) is 5.73 Å². The van der Waals surface area contributed by atoms with E-state index >= 15 is 0 Å². The summed E-state index contributed by atoms with van der Waals surface area (Å²) in [5, 5.41) is 0. The molecular formula is C8H9NO4S. The zero-order valence-electron chi connectivity index (χ0n) is 7.70. The van der Waals surface area contributed by atoms with E-state index in [1.807, 2.05) is 0 Å². The minimum absolute atomic E-state index is 0.216. The van der Waals surface area contributed by atoms with Gasteiger partial charge in [0.15, 0.2) is 0 Å². The average Bonchev–Trinajstić information content (AvgIpc) is 2.60. The van der Waals surface area contributed by atoms with Crippen molar-refractivity contribution in [3.8, 4) is 5.75 Å². The number of rotatable bonds is 3. The molecule has 6 heteroatoms. The summed E-state index contributed by atoms with van der Waals surface area (Å²) < 4.78 is 9.38. The first-order valence-corrected chi connectivity index (χ1v) is 4.47. The molecule has 1 rings (SSSR count). The number of primary amides is 1. The number of hydrogen-bond donors (Lipinski definition) is 1. The number of nitrogens with two attached hydrogens (primary N) is 1. The molecule has 0 bridgehead atoms. The third-order valence-corrected chi connectivity index (χ3v) is 2.64. The third-order valence-electron chi connectivity index (χ3n) is 1.53. The first-order chi connectivity index (χ1) is 6.60. The second kappa shape index (κ2) is 4.10. The molecule has 2 N–H and O–H groups in total. The standard InChI is InChI=1S/C8H9NO4S/c1-12-4-3-5(8(11)13-2)14-6(4)7(9)10/h3H,1-2H3,(H2,9,10). The van der Waals surface area contributed by atoms with Gasteiger partial charge < -0.3 is 15.2 Å². The van der Waals surface area contributed by atoms with Gasteiger partial charge in [-0.15, -0.1) is 11.3 Å². The molecular weight excluding hydrogens is 206 g/mol. The van der Waals surface area contributed by atoms with Crippen LogP contribution < -0.4 is 10.5 Å². The van der Waals surface area contributed by atoms with Gasteiger partial charge in [0.2, 0.25) is 0 Å². The Bertz CT molecular complexity index is 371. The Kier molecular flexibility index (Phi) is 3.08. The maximum absolute atomic E-state index is 11.1. The third kappa shape index (κ3) is 1.85. The fourth-order valence-corrected chi connectivity index (χ4v) is 1.79. The van der Waals surface area contributed by atoms with E-state index in [4.69, 9.17) is 10.5 Å². The number of methoxy groups -OCH3 is 2. The largest absolute Gasteiger partial charge is 0.495 e. The quantitative estimate of drug-likeness (QED) is 0.750. The summed E-state index contributed by atoms with van der Waals surface area (Å²) in [7, 11) is 2.66. The summed E-state index contributed by atoms with van der Waals surface area (Å²) >= 11 is 0.951. The zero-order chi connectivity index (χ0) is 10.7. The number of esters is 1. The molecule has 1 aromatic heterocycles. The second-order valence-corrected chi connectivity index (χ2v) is 3.42. The van der Waals surface area contributed by atoms with Gasteiger partial charge in [0, 0.05) is 6.07 Å². The van der Waals surface area contributed by atoms with Crippen LogP contribution in [0.2, 0.25) is 0 Å². The second-order valence-electron chi connectivity index (χ2n) is 2.36. The van der Waals surface area contributed by atoms with Gasteiger partial charge in [0.25, 0.3) is 5.91 Å². The molecule has 0 aliphatic carbocycles. The predicted molar refractivity (Wildman–Crippen MR) is 50.7 cm³/mol. The zero-order valence-corrected chi connectivity index (χ0v) is 8.51. The van der Waals surface area contributed by atoms with E-state index in [2.05, 4.69) is 4.74 Å². The van der Waals surface area contributed by atoms with Crippen LogP contribution >= 0.6 is 11.3 Å². The van der Waals surface area contributed by atoms with E-state index in [-0.39, 0.29) is 9.75 Å². The van der Waals surface area contributed by atoms with E-state index < -0.39 is 11.9 Å². The minimum Gasteiger partial charge on any atom is -0.495 e. The summed E-state index contributed by atoms with van der Waals surface area (Å²) in [6.07, 6.45) is 0. The van der Waals surface area contributed by atoms with Crippen molar-refractivity contribution in [3.05, 3.63) is 15.8 Å². The van der Waals surface area contributed by atoms with Gasteiger partial charge in [0.05, 0.1) is 14.2 Å². The molecule has 0 saturated carbocycles. The fourth-order valence-electron chi connectivity index (χ4n) is 0.899. The maximum atomic E-state index is 11.1. The first-order valence-electron chi connectivity index (χ1n) is 3.66. The van der Waals surface area contributed by atoms with Crippen LogP contribution in [-0.4, -0.2) is 26.1 Å². The van der Waals surface area contributed by atoms with E-state index in [0.29, 0.717) is 5.75 Å². The van der Waals surface area contributed by atoms with Gasteiger partial charge in [-0.05, 0) is 0 Å². The number of hydrogen-bond acceptors (Lipinski definition) is 5. The van der Waals surface area contributed by atoms with E-state index in [1.54, 1.807) is 0 Å². The summed E-state index contributed by atoms with van der Waals surface area (Å²) in [4.78, 5) is 22.5. The topological polar surface area (TPSA) is 78.6 Å². The lowest BCUT2D eigenvalue weighted by Crippen LogP contribution is -2.09. The van der Waals surface area contributed by atoms with Crippen LogP contribution in [0.15, 0.2) is 6.07 Å². The molecule has 0 fully saturated rings. The molecule has 5 nitrogen and oxygen atoms in total. The van der Waals surface area contributed by atoms with Gasteiger partial charge in [0.1, 0.15) is 15.5 Å². The molecule has 76 valence electrons. The smallest absolute Gasteiger partial charge is 0.348 e. The summed E-state index contributed by atoms with van der Waals surface area (Å²) in [6.45, 7) is 0.